The number of aliphatic hydroxyl groups is 2. The van der Waals surface area contributed by atoms with Crippen LogP contribution in [0.2, 0.25) is 0 Å². The van der Waals surface area contributed by atoms with Crippen molar-refractivity contribution in [1.29, 1.82) is 0 Å². The summed E-state index contributed by atoms with van der Waals surface area (Å²) in [5.41, 5.74) is 5.74. The molecule has 0 aromatic carbocycles. The van der Waals surface area contributed by atoms with Crippen LogP contribution in [0.5, 0.6) is 0 Å². The third-order valence-corrected chi connectivity index (χ3v) is 3.67. The van der Waals surface area contributed by atoms with Crippen LogP contribution in [0.25, 0.3) is 0 Å². The number of rotatable bonds is 11. The summed E-state index contributed by atoms with van der Waals surface area (Å²) in [6, 6.07) is -4.90. The lowest BCUT2D eigenvalue weighted by Crippen LogP contribution is -2.59. The fourth-order valence-electron chi connectivity index (χ4n) is 2.13. The van der Waals surface area contributed by atoms with Gasteiger partial charge in [-0.05, 0) is 26.2 Å². The molecular weight excluding hydrogens is 360 g/mol. The number of carbonyl (C=O) groups is 4. The monoisotopic (exact) mass is 390 g/mol. The maximum Gasteiger partial charge on any atom is 0.328 e. The van der Waals surface area contributed by atoms with Gasteiger partial charge in [-0.25, -0.2) is 4.79 Å². The molecule has 5 unspecified atom stereocenters. The SMILES string of the molecule is CC(C)CC(N)C(=O)NC(C)C(=O)NC(C(=O)NC(CO)C(=O)O)C(C)O. The van der Waals surface area contributed by atoms with Gasteiger partial charge in [-0.1, -0.05) is 13.8 Å². The molecule has 0 aromatic rings. The van der Waals surface area contributed by atoms with Crippen LogP contribution in [-0.2, 0) is 19.2 Å². The molecule has 0 aliphatic carbocycles. The Balaban J connectivity index is 4.89. The Morgan fingerprint density at radius 1 is 0.926 bits per heavy atom. The summed E-state index contributed by atoms with van der Waals surface area (Å²) in [6.07, 6.45) is -0.926. The van der Waals surface area contributed by atoms with Crippen molar-refractivity contribution in [2.24, 2.45) is 11.7 Å². The smallest absolute Gasteiger partial charge is 0.328 e. The number of aliphatic hydroxyl groups excluding tert-OH is 2. The molecule has 0 saturated heterocycles. The zero-order chi connectivity index (χ0) is 21.3. The first-order valence-electron chi connectivity index (χ1n) is 8.59. The van der Waals surface area contributed by atoms with Crippen molar-refractivity contribution < 1.29 is 34.5 Å². The Morgan fingerprint density at radius 2 is 1.48 bits per heavy atom. The predicted octanol–water partition coefficient (Wildman–Crippen LogP) is -2.71. The van der Waals surface area contributed by atoms with Crippen LogP contribution in [-0.4, -0.2) is 75.9 Å². The molecule has 0 aliphatic heterocycles. The molecule has 0 radical (unpaired) electrons. The van der Waals surface area contributed by atoms with Crippen LogP contribution in [0.15, 0.2) is 0 Å². The van der Waals surface area contributed by atoms with E-state index in [4.69, 9.17) is 15.9 Å². The molecule has 156 valence electrons. The molecule has 0 fully saturated rings. The molecule has 0 aromatic heterocycles. The average molecular weight is 390 g/mol. The molecule has 0 bridgehead atoms. The van der Waals surface area contributed by atoms with Gasteiger partial charge in [0.1, 0.15) is 18.1 Å². The number of amides is 3. The fraction of sp³-hybridized carbons (Fsp3) is 0.750. The Labute approximate surface area is 157 Å². The maximum absolute atomic E-state index is 12.2. The van der Waals surface area contributed by atoms with Gasteiger partial charge in [0.2, 0.25) is 17.7 Å². The predicted molar refractivity (Wildman–Crippen MR) is 95.3 cm³/mol. The number of carbonyl (C=O) groups excluding carboxylic acids is 3. The first-order valence-corrected chi connectivity index (χ1v) is 8.59. The molecule has 0 saturated carbocycles. The van der Waals surface area contributed by atoms with Crippen molar-refractivity contribution in [1.82, 2.24) is 16.0 Å². The average Bonchev–Trinajstić information content (AvgIpc) is 2.55. The van der Waals surface area contributed by atoms with Crippen molar-refractivity contribution >= 4 is 23.7 Å². The number of hydrogen-bond donors (Lipinski definition) is 7. The third kappa shape index (κ3) is 8.80. The minimum absolute atomic E-state index is 0.187. The van der Waals surface area contributed by atoms with Crippen molar-refractivity contribution in [2.75, 3.05) is 6.61 Å². The Hall–Kier alpha value is -2.24. The van der Waals surface area contributed by atoms with Crippen molar-refractivity contribution in [3.63, 3.8) is 0 Å². The lowest BCUT2D eigenvalue weighted by atomic mass is 10.0. The highest BCUT2D eigenvalue weighted by Crippen LogP contribution is 2.03. The maximum atomic E-state index is 12.2. The van der Waals surface area contributed by atoms with Crippen molar-refractivity contribution in [3.8, 4) is 0 Å². The van der Waals surface area contributed by atoms with E-state index in [2.05, 4.69) is 10.6 Å². The number of carboxylic acids is 1. The second-order valence-corrected chi connectivity index (χ2v) is 6.78. The summed E-state index contributed by atoms with van der Waals surface area (Å²) in [4.78, 5) is 47.1. The van der Waals surface area contributed by atoms with Crippen LogP contribution < -0.4 is 21.7 Å². The minimum Gasteiger partial charge on any atom is -0.480 e. The van der Waals surface area contributed by atoms with Crippen LogP contribution in [0.4, 0.5) is 0 Å². The Bertz CT molecular complexity index is 539. The van der Waals surface area contributed by atoms with Gasteiger partial charge < -0.3 is 37.0 Å². The van der Waals surface area contributed by atoms with Gasteiger partial charge in [-0.15, -0.1) is 0 Å². The molecule has 0 spiro atoms. The van der Waals surface area contributed by atoms with E-state index in [1.165, 1.54) is 13.8 Å². The molecule has 0 aliphatic rings. The van der Waals surface area contributed by atoms with Crippen molar-refractivity contribution in [2.45, 2.75) is 64.4 Å². The van der Waals surface area contributed by atoms with Gasteiger partial charge in [-0.2, -0.15) is 0 Å². The van der Waals surface area contributed by atoms with E-state index in [-0.39, 0.29) is 5.92 Å². The zero-order valence-corrected chi connectivity index (χ0v) is 15.9. The zero-order valence-electron chi connectivity index (χ0n) is 15.9. The summed E-state index contributed by atoms with van der Waals surface area (Å²) in [5.74, 6) is -3.57. The van der Waals surface area contributed by atoms with E-state index >= 15 is 0 Å². The first kappa shape index (κ1) is 24.8. The second-order valence-electron chi connectivity index (χ2n) is 6.78. The van der Waals surface area contributed by atoms with Crippen LogP contribution in [0.1, 0.15) is 34.1 Å². The number of nitrogens with two attached hydrogens (primary N) is 1. The van der Waals surface area contributed by atoms with Gasteiger partial charge in [-0.3, -0.25) is 14.4 Å². The highest BCUT2D eigenvalue weighted by Gasteiger charge is 2.31. The largest absolute Gasteiger partial charge is 0.480 e. The number of nitrogens with one attached hydrogen (secondary N) is 3. The first-order chi connectivity index (χ1) is 12.4. The lowest BCUT2D eigenvalue weighted by Gasteiger charge is -2.25. The second kappa shape index (κ2) is 11.5. The molecule has 3 amide bonds. The molecule has 5 atom stereocenters. The molecule has 0 heterocycles. The van der Waals surface area contributed by atoms with E-state index in [0.29, 0.717) is 6.42 Å². The Morgan fingerprint density at radius 3 is 1.89 bits per heavy atom. The topological polar surface area (TPSA) is 191 Å². The summed E-state index contributed by atoms with van der Waals surface area (Å²) >= 11 is 0. The normalized spacial score (nSPS) is 16.6. The van der Waals surface area contributed by atoms with Gasteiger partial charge in [0.05, 0.1) is 18.8 Å². The number of aliphatic carboxylic acids is 1. The Kier molecular flexibility index (Phi) is 10.5. The quantitative estimate of drug-likeness (QED) is 0.198. The van der Waals surface area contributed by atoms with Crippen molar-refractivity contribution in [3.05, 3.63) is 0 Å². The van der Waals surface area contributed by atoms with Crippen LogP contribution in [0, 0.1) is 5.92 Å². The summed E-state index contributed by atoms with van der Waals surface area (Å²) in [5, 5.41) is 34.2. The van der Waals surface area contributed by atoms with E-state index in [1.54, 1.807) is 0 Å². The minimum atomic E-state index is -1.58. The molecular formula is C16H30N4O7. The highest BCUT2D eigenvalue weighted by atomic mass is 16.4. The van der Waals surface area contributed by atoms with Gasteiger partial charge >= 0.3 is 5.97 Å². The van der Waals surface area contributed by atoms with E-state index in [0.717, 1.165) is 0 Å². The van der Waals surface area contributed by atoms with E-state index in [1.807, 2.05) is 19.2 Å². The summed E-state index contributed by atoms with van der Waals surface area (Å²) in [6.45, 7) is 5.53. The van der Waals surface area contributed by atoms with Crippen LogP contribution in [0.3, 0.4) is 0 Å². The highest BCUT2D eigenvalue weighted by molar-refractivity contribution is 5.94. The van der Waals surface area contributed by atoms with Gasteiger partial charge in [0, 0.05) is 0 Å². The molecule has 11 heteroatoms. The van der Waals surface area contributed by atoms with Gasteiger partial charge in [0.15, 0.2) is 0 Å². The van der Waals surface area contributed by atoms with Crippen LogP contribution >= 0.6 is 0 Å². The molecule has 0 rings (SSSR count). The fourth-order valence-corrected chi connectivity index (χ4v) is 2.13. The lowest BCUT2D eigenvalue weighted by molar-refractivity contribution is -0.144. The van der Waals surface area contributed by atoms with Gasteiger partial charge in [0.25, 0.3) is 0 Å². The molecule has 8 N–H and O–H groups in total. The van der Waals surface area contributed by atoms with E-state index < -0.39 is 60.6 Å². The molecule has 11 nitrogen and oxygen atoms in total. The number of carboxylic acid groups (broad SMARTS) is 1. The third-order valence-electron chi connectivity index (χ3n) is 3.67. The molecule has 27 heavy (non-hydrogen) atoms. The summed E-state index contributed by atoms with van der Waals surface area (Å²) < 4.78 is 0. The number of hydrogen-bond acceptors (Lipinski definition) is 7. The van der Waals surface area contributed by atoms with E-state index in [9.17, 15) is 24.3 Å². The summed E-state index contributed by atoms with van der Waals surface area (Å²) in [7, 11) is 0. The standard InChI is InChI=1S/C16H30N4O7/c1-7(2)5-10(17)14(24)18-8(3)13(23)20-12(9(4)22)15(25)19-11(6-21)16(26)27/h7-12,21-22H,5-6,17H2,1-4H3,(H,18,24)(H,19,25)(H,20,23)(H,26,27).